The van der Waals surface area contributed by atoms with Gasteiger partial charge in [0.1, 0.15) is 5.69 Å². The third-order valence-electron chi connectivity index (χ3n) is 5.59. The van der Waals surface area contributed by atoms with Crippen LogP contribution in [0.15, 0.2) is 67.1 Å². The van der Waals surface area contributed by atoms with Gasteiger partial charge in [-0.05, 0) is 35.1 Å². The monoisotopic (exact) mass is 375 g/mol. The Labute approximate surface area is 165 Å². The molecule has 3 aromatic rings. The number of benzene rings is 2. The third-order valence-corrected chi connectivity index (χ3v) is 5.59. The number of methoxy groups -OCH3 is 1. The van der Waals surface area contributed by atoms with E-state index in [0.29, 0.717) is 5.69 Å². The van der Waals surface area contributed by atoms with Gasteiger partial charge in [0.15, 0.2) is 0 Å². The van der Waals surface area contributed by atoms with Crippen LogP contribution in [0.1, 0.15) is 54.0 Å². The average Bonchev–Trinajstić information content (AvgIpc) is 3.16. The van der Waals surface area contributed by atoms with Crippen molar-refractivity contribution in [2.24, 2.45) is 5.41 Å². The smallest absolute Gasteiger partial charge is 0.356 e. The Morgan fingerprint density at radius 2 is 1.79 bits per heavy atom. The standard InChI is InChI=1S/C23H25N3O2/c1-23(2)13-19(25-16-9-5-4-6-10-16)17-11-7-8-12-18(17)21(23)26-15-24-14-20(26)22(27)28-3/h4-12,14-15,19,21,25H,13H2,1-3H3/t19-,21+/m0/s1. The molecule has 28 heavy (non-hydrogen) atoms. The van der Waals surface area contributed by atoms with E-state index in [1.165, 1.54) is 18.2 Å². The van der Waals surface area contributed by atoms with E-state index in [-0.39, 0.29) is 23.5 Å². The van der Waals surface area contributed by atoms with Crippen LogP contribution in [-0.4, -0.2) is 22.6 Å². The Morgan fingerprint density at radius 3 is 2.50 bits per heavy atom. The fourth-order valence-corrected chi connectivity index (χ4v) is 4.41. The number of imidazole rings is 1. The molecule has 0 radical (unpaired) electrons. The van der Waals surface area contributed by atoms with Gasteiger partial charge in [0, 0.05) is 5.69 Å². The highest BCUT2D eigenvalue weighted by molar-refractivity contribution is 5.87. The first-order valence-corrected chi connectivity index (χ1v) is 9.52. The predicted molar refractivity (Wildman–Crippen MR) is 109 cm³/mol. The van der Waals surface area contributed by atoms with Crippen LogP contribution in [0.3, 0.4) is 0 Å². The molecule has 0 bridgehead atoms. The minimum Gasteiger partial charge on any atom is -0.464 e. The highest BCUT2D eigenvalue weighted by Gasteiger charge is 2.42. The number of para-hydroxylation sites is 1. The van der Waals surface area contributed by atoms with Gasteiger partial charge in [-0.1, -0.05) is 56.3 Å². The number of anilines is 1. The number of nitrogens with one attached hydrogen (secondary N) is 1. The summed E-state index contributed by atoms with van der Waals surface area (Å²) >= 11 is 0. The quantitative estimate of drug-likeness (QED) is 0.663. The number of hydrogen-bond donors (Lipinski definition) is 1. The van der Waals surface area contributed by atoms with Crippen LogP contribution in [0.4, 0.5) is 5.69 Å². The van der Waals surface area contributed by atoms with Gasteiger partial charge in [0.25, 0.3) is 0 Å². The molecule has 1 aliphatic rings. The van der Waals surface area contributed by atoms with Gasteiger partial charge in [0.2, 0.25) is 0 Å². The van der Waals surface area contributed by atoms with Crippen molar-refractivity contribution in [2.75, 3.05) is 12.4 Å². The number of carbonyl (C=O) groups is 1. The first-order valence-electron chi connectivity index (χ1n) is 9.52. The summed E-state index contributed by atoms with van der Waals surface area (Å²) in [5.74, 6) is -0.365. The Balaban J connectivity index is 1.79. The molecule has 0 amide bonds. The number of carbonyl (C=O) groups excluding carboxylic acids is 1. The van der Waals surface area contributed by atoms with Gasteiger partial charge < -0.3 is 14.6 Å². The van der Waals surface area contributed by atoms with Crippen molar-refractivity contribution in [1.29, 1.82) is 0 Å². The third kappa shape index (κ3) is 3.17. The minimum absolute atomic E-state index is 0.00544. The van der Waals surface area contributed by atoms with Crippen LogP contribution in [0.2, 0.25) is 0 Å². The van der Waals surface area contributed by atoms with Crippen molar-refractivity contribution in [3.63, 3.8) is 0 Å². The summed E-state index contributed by atoms with van der Waals surface area (Å²) in [7, 11) is 1.40. The zero-order valence-corrected chi connectivity index (χ0v) is 16.4. The van der Waals surface area contributed by atoms with E-state index in [0.717, 1.165) is 12.1 Å². The molecule has 0 fully saturated rings. The number of fused-ring (bicyclic) bond motifs is 1. The van der Waals surface area contributed by atoms with Crippen LogP contribution in [0.5, 0.6) is 0 Å². The number of ether oxygens (including phenoxy) is 1. The summed E-state index contributed by atoms with van der Waals surface area (Å²) in [4.78, 5) is 16.5. The number of nitrogens with zero attached hydrogens (tertiary/aromatic N) is 2. The molecule has 5 nitrogen and oxygen atoms in total. The SMILES string of the molecule is COC(=O)c1cncn1[C@@H]1c2ccccc2[C@@H](Nc2ccccc2)CC1(C)C. The van der Waals surface area contributed by atoms with E-state index in [1.54, 1.807) is 12.5 Å². The minimum atomic E-state index is -0.365. The van der Waals surface area contributed by atoms with Crippen LogP contribution < -0.4 is 5.32 Å². The van der Waals surface area contributed by atoms with Crippen molar-refractivity contribution >= 4 is 11.7 Å². The molecule has 0 saturated heterocycles. The summed E-state index contributed by atoms with van der Waals surface area (Å²) in [6.45, 7) is 4.49. The first kappa shape index (κ1) is 18.3. The molecule has 0 spiro atoms. The summed E-state index contributed by atoms with van der Waals surface area (Å²) in [5, 5.41) is 3.69. The fourth-order valence-electron chi connectivity index (χ4n) is 4.41. The normalized spacial score (nSPS) is 20.2. The first-order chi connectivity index (χ1) is 13.5. The molecule has 0 aliphatic heterocycles. The zero-order valence-electron chi connectivity index (χ0n) is 16.4. The number of rotatable bonds is 4. The van der Waals surface area contributed by atoms with Crippen LogP contribution in [-0.2, 0) is 4.74 Å². The van der Waals surface area contributed by atoms with Gasteiger partial charge in [-0.2, -0.15) is 0 Å². The van der Waals surface area contributed by atoms with Gasteiger partial charge in [-0.15, -0.1) is 0 Å². The van der Waals surface area contributed by atoms with E-state index in [2.05, 4.69) is 60.5 Å². The molecule has 2 atom stereocenters. The molecule has 2 aromatic carbocycles. The second kappa shape index (κ2) is 7.15. The lowest BCUT2D eigenvalue weighted by Crippen LogP contribution is -2.38. The molecule has 0 saturated carbocycles. The van der Waals surface area contributed by atoms with Crippen molar-refractivity contribution in [1.82, 2.24) is 9.55 Å². The molecule has 1 aromatic heterocycles. The van der Waals surface area contributed by atoms with E-state index >= 15 is 0 Å². The fraction of sp³-hybridized carbons (Fsp3) is 0.304. The lowest BCUT2D eigenvalue weighted by molar-refractivity contribution is 0.0580. The maximum absolute atomic E-state index is 12.3. The Morgan fingerprint density at radius 1 is 1.11 bits per heavy atom. The maximum atomic E-state index is 12.3. The highest BCUT2D eigenvalue weighted by Crippen LogP contribution is 2.51. The van der Waals surface area contributed by atoms with E-state index < -0.39 is 0 Å². The van der Waals surface area contributed by atoms with Crippen LogP contribution in [0.25, 0.3) is 0 Å². The lowest BCUT2D eigenvalue weighted by atomic mass is 9.68. The Kier molecular flexibility index (Phi) is 4.67. The van der Waals surface area contributed by atoms with Crippen LogP contribution in [0, 0.1) is 5.41 Å². The van der Waals surface area contributed by atoms with Crippen molar-refractivity contribution in [3.05, 3.63) is 83.9 Å². The van der Waals surface area contributed by atoms with E-state index in [9.17, 15) is 4.79 Å². The lowest BCUT2D eigenvalue weighted by Gasteiger charge is -2.45. The highest BCUT2D eigenvalue weighted by atomic mass is 16.5. The number of hydrogen-bond acceptors (Lipinski definition) is 4. The molecular formula is C23H25N3O2. The predicted octanol–water partition coefficient (Wildman–Crippen LogP) is 4.84. The molecule has 1 aliphatic carbocycles. The maximum Gasteiger partial charge on any atom is 0.356 e. The number of esters is 1. The summed E-state index contributed by atoms with van der Waals surface area (Å²) < 4.78 is 6.93. The van der Waals surface area contributed by atoms with Crippen LogP contribution >= 0.6 is 0 Å². The molecule has 4 rings (SSSR count). The van der Waals surface area contributed by atoms with Gasteiger partial charge in [-0.25, -0.2) is 9.78 Å². The molecule has 0 unspecified atom stereocenters. The van der Waals surface area contributed by atoms with E-state index in [4.69, 9.17) is 4.74 Å². The van der Waals surface area contributed by atoms with Crippen molar-refractivity contribution < 1.29 is 9.53 Å². The molecule has 1 N–H and O–H groups in total. The second-order valence-corrected chi connectivity index (χ2v) is 7.96. The van der Waals surface area contributed by atoms with Gasteiger partial charge >= 0.3 is 5.97 Å². The average molecular weight is 375 g/mol. The Bertz CT molecular complexity index is 978. The molecule has 5 heteroatoms. The molecule has 1 heterocycles. The Hall–Kier alpha value is -3.08. The van der Waals surface area contributed by atoms with Crippen molar-refractivity contribution in [2.45, 2.75) is 32.4 Å². The second-order valence-electron chi connectivity index (χ2n) is 7.96. The van der Waals surface area contributed by atoms with Gasteiger partial charge in [-0.3, -0.25) is 0 Å². The van der Waals surface area contributed by atoms with E-state index in [1.807, 2.05) is 22.8 Å². The van der Waals surface area contributed by atoms with Crippen molar-refractivity contribution in [3.8, 4) is 0 Å². The topological polar surface area (TPSA) is 56.1 Å². The molecule has 144 valence electrons. The summed E-state index contributed by atoms with van der Waals surface area (Å²) in [5.41, 5.74) is 3.93. The van der Waals surface area contributed by atoms with Gasteiger partial charge in [0.05, 0.1) is 31.7 Å². The zero-order chi connectivity index (χ0) is 19.7. The number of aromatic nitrogens is 2. The summed E-state index contributed by atoms with van der Waals surface area (Å²) in [6.07, 6.45) is 4.24. The summed E-state index contributed by atoms with van der Waals surface area (Å²) in [6, 6.07) is 18.9. The molecular weight excluding hydrogens is 350 g/mol. The largest absolute Gasteiger partial charge is 0.464 e.